The fourth-order valence-electron chi connectivity index (χ4n) is 3.53. The van der Waals surface area contributed by atoms with E-state index in [4.69, 9.17) is 11.6 Å². The molecule has 0 atom stereocenters. The highest BCUT2D eigenvalue weighted by molar-refractivity contribution is 6.31. The molecule has 5 nitrogen and oxygen atoms in total. The number of halogens is 2. The molecule has 1 heterocycles. The molecule has 0 aliphatic carbocycles. The summed E-state index contributed by atoms with van der Waals surface area (Å²) in [4.78, 5) is 26.9. The number of amides is 3. The molecule has 0 bridgehead atoms. The Hall–Kier alpha value is -3.38. The van der Waals surface area contributed by atoms with Crippen LogP contribution in [0.25, 0.3) is 0 Å². The van der Waals surface area contributed by atoms with Gasteiger partial charge in [-0.2, -0.15) is 0 Å². The van der Waals surface area contributed by atoms with E-state index in [-0.39, 0.29) is 17.5 Å². The topological polar surface area (TPSA) is 61.4 Å². The number of carbonyl (C=O) groups is 2. The van der Waals surface area contributed by atoms with Crippen molar-refractivity contribution in [3.05, 3.63) is 93.8 Å². The molecule has 158 valence electrons. The first-order chi connectivity index (χ1) is 14.9. The van der Waals surface area contributed by atoms with Gasteiger partial charge in [0.25, 0.3) is 5.91 Å². The second kappa shape index (κ2) is 8.78. The molecule has 0 radical (unpaired) electrons. The highest BCUT2D eigenvalue weighted by atomic mass is 35.5. The molecule has 2 N–H and O–H groups in total. The van der Waals surface area contributed by atoms with Gasteiger partial charge in [0.1, 0.15) is 5.82 Å². The lowest BCUT2D eigenvalue weighted by Crippen LogP contribution is -2.29. The van der Waals surface area contributed by atoms with Gasteiger partial charge >= 0.3 is 6.03 Å². The Bertz CT molecular complexity index is 1150. The summed E-state index contributed by atoms with van der Waals surface area (Å²) in [5.74, 6) is -0.578. The van der Waals surface area contributed by atoms with Crippen LogP contribution in [-0.4, -0.2) is 18.5 Å². The van der Waals surface area contributed by atoms with E-state index < -0.39 is 11.8 Å². The fraction of sp³-hybridized carbons (Fsp3) is 0.167. The first kappa shape index (κ1) is 20.9. The molecular formula is C24H21ClFN3O2. The molecule has 0 unspecified atom stereocenters. The number of urea groups is 1. The van der Waals surface area contributed by atoms with Crippen molar-refractivity contribution in [3.8, 4) is 0 Å². The van der Waals surface area contributed by atoms with Crippen LogP contribution in [0.3, 0.4) is 0 Å². The molecule has 1 aliphatic rings. The van der Waals surface area contributed by atoms with Crippen molar-refractivity contribution < 1.29 is 14.0 Å². The number of rotatable bonds is 4. The minimum absolute atomic E-state index is 0.0326. The molecule has 3 amide bonds. The lowest BCUT2D eigenvalue weighted by Gasteiger charge is -2.18. The summed E-state index contributed by atoms with van der Waals surface area (Å²) in [5, 5.41) is 5.32. The number of fused-ring (bicyclic) bond motifs is 1. The van der Waals surface area contributed by atoms with Gasteiger partial charge in [0.2, 0.25) is 0 Å². The molecule has 0 saturated heterocycles. The van der Waals surface area contributed by atoms with Gasteiger partial charge in [-0.3, -0.25) is 4.79 Å². The van der Waals surface area contributed by atoms with E-state index in [1.54, 1.807) is 4.90 Å². The second-order valence-corrected chi connectivity index (χ2v) is 7.88. The Labute approximate surface area is 184 Å². The Morgan fingerprint density at radius 1 is 1.06 bits per heavy atom. The summed E-state index contributed by atoms with van der Waals surface area (Å²) in [6, 6.07) is 16.9. The molecule has 3 aromatic carbocycles. The summed E-state index contributed by atoms with van der Waals surface area (Å²) in [5.41, 5.74) is 5.00. The standard InChI is InChI=1S/C24H21ClFN3O2/c1-15-2-5-18(6-3-15)23(30)29-11-10-17-7-4-16(12-22(17)29)14-27-24(31)28-19-8-9-21(26)20(25)13-19/h2-9,12-13H,10-11,14H2,1H3,(H2,27,28,31). The van der Waals surface area contributed by atoms with Crippen LogP contribution in [0, 0.1) is 12.7 Å². The smallest absolute Gasteiger partial charge is 0.319 e. The van der Waals surface area contributed by atoms with E-state index in [1.807, 2.05) is 49.4 Å². The maximum Gasteiger partial charge on any atom is 0.319 e. The molecule has 0 spiro atoms. The Kier molecular flexibility index (Phi) is 5.91. The van der Waals surface area contributed by atoms with Crippen molar-refractivity contribution in [3.63, 3.8) is 0 Å². The first-order valence-corrected chi connectivity index (χ1v) is 10.3. The lowest BCUT2D eigenvalue weighted by molar-refractivity contribution is 0.0989. The lowest BCUT2D eigenvalue weighted by atomic mass is 10.1. The van der Waals surface area contributed by atoms with Gasteiger partial charge in [0.15, 0.2) is 0 Å². The van der Waals surface area contributed by atoms with E-state index >= 15 is 0 Å². The monoisotopic (exact) mass is 437 g/mol. The number of benzene rings is 3. The zero-order valence-corrected chi connectivity index (χ0v) is 17.7. The summed E-state index contributed by atoms with van der Waals surface area (Å²) >= 11 is 5.74. The largest absolute Gasteiger partial charge is 0.334 e. The predicted molar refractivity (Wildman–Crippen MR) is 120 cm³/mol. The van der Waals surface area contributed by atoms with Crippen LogP contribution in [-0.2, 0) is 13.0 Å². The van der Waals surface area contributed by atoms with Gasteiger partial charge in [-0.25, -0.2) is 9.18 Å². The normalized spacial score (nSPS) is 12.4. The summed E-state index contributed by atoms with van der Waals surface area (Å²) in [6.07, 6.45) is 0.798. The average molecular weight is 438 g/mol. The first-order valence-electron chi connectivity index (χ1n) is 9.91. The van der Waals surface area contributed by atoms with Gasteiger partial charge in [0, 0.05) is 30.0 Å². The van der Waals surface area contributed by atoms with Crippen LogP contribution < -0.4 is 15.5 Å². The molecule has 0 fully saturated rings. The predicted octanol–water partition coefficient (Wildman–Crippen LogP) is 5.31. The third-order valence-corrected chi connectivity index (χ3v) is 5.51. The molecule has 0 aromatic heterocycles. The third-order valence-electron chi connectivity index (χ3n) is 5.22. The van der Waals surface area contributed by atoms with Crippen molar-refractivity contribution in [1.29, 1.82) is 0 Å². The Balaban J connectivity index is 1.42. The summed E-state index contributed by atoms with van der Waals surface area (Å²) in [6.45, 7) is 2.89. The van der Waals surface area contributed by atoms with Gasteiger partial charge < -0.3 is 15.5 Å². The number of carbonyl (C=O) groups excluding carboxylic acids is 2. The van der Waals surface area contributed by atoms with Crippen molar-refractivity contribution in [2.45, 2.75) is 19.9 Å². The summed E-state index contributed by atoms with van der Waals surface area (Å²) < 4.78 is 13.2. The minimum Gasteiger partial charge on any atom is -0.334 e. The zero-order chi connectivity index (χ0) is 22.0. The van der Waals surface area contributed by atoms with E-state index in [0.717, 1.165) is 28.8 Å². The Morgan fingerprint density at radius 3 is 2.58 bits per heavy atom. The highest BCUT2D eigenvalue weighted by Gasteiger charge is 2.25. The van der Waals surface area contributed by atoms with E-state index in [1.165, 1.54) is 18.2 Å². The maximum atomic E-state index is 13.2. The molecule has 31 heavy (non-hydrogen) atoms. The molecule has 3 aromatic rings. The highest BCUT2D eigenvalue weighted by Crippen LogP contribution is 2.30. The van der Waals surface area contributed by atoms with Gasteiger partial charge in [-0.15, -0.1) is 0 Å². The molecule has 1 aliphatic heterocycles. The van der Waals surface area contributed by atoms with Crippen LogP contribution >= 0.6 is 11.6 Å². The number of hydrogen-bond acceptors (Lipinski definition) is 2. The van der Waals surface area contributed by atoms with Crippen LogP contribution in [0.4, 0.5) is 20.6 Å². The fourth-order valence-corrected chi connectivity index (χ4v) is 3.71. The minimum atomic E-state index is -0.546. The third kappa shape index (κ3) is 4.70. The van der Waals surface area contributed by atoms with E-state index in [0.29, 0.717) is 17.8 Å². The number of aryl methyl sites for hydroxylation is 1. The Morgan fingerprint density at radius 2 is 1.84 bits per heavy atom. The molecule has 0 saturated carbocycles. The molecule has 7 heteroatoms. The average Bonchev–Trinajstić information content (AvgIpc) is 3.18. The quantitative estimate of drug-likeness (QED) is 0.580. The van der Waals surface area contributed by atoms with Crippen LogP contribution in [0.1, 0.15) is 27.0 Å². The van der Waals surface area contributed by atoms with Gasteiger partial charge in [-0.1, -0.05) is 41.4 Å². The van der Waals surface area contributed by atoms with Crippen LogP contribution in [0.2, 0.25) is 5.02 Å². The maximum absolute atomic E-state index is 13.2. The van der Waals surface area contributed by atoms with Crippen LogP contribution in [0.15, 0.2) is 60.7 Å². The van der Waals surface area contributed by atoms with Gasteiger partial charge in [-0.05, 0) is 60.9 Å². The summed E-state index contributed by atoms with van der Waals surface area (Å²) in [7, 11) is 0. The van der Waals surface area contributed by atoms with Crippen molar-refractivity contribution in [2.24, 2.45) is 0 Å². The second-order valence-electron chi connectivity index (χ2n) is 7.47. The molecular weight excluding hydrogens is 417 g/mol. The van der Waals surface area contributed by atoms with Gasteiger partial charge in [0.05, 0.1) is 5.02 Å². The number of hydrogen-bond donors (Lipinski definition) is 2. The number of nitrogens with one attached hydrogen (secondary N) is 2. The van der Waals surface area contributed by atoms with Crippen molar-refractivity contribution in [2.75, 3.05) is 16.8 Å². The SMILES string of the molecule is Cc1ccc(C(=O)N2CCc3ccc(CNC(=O)Nc4ccc(F)c(Cl)c4)cc32)cc1. The van der Waals surface area contributed by atoms with E-state index in [9.17, 15) is 14.0 Å². The zero-order valence-electron chi connectivity index (χ0n) is 16.9. The van der Waals surface area contributed by atoms with Crippen molar-refractivity contribution >= 4 is 34.9 Å². The number of nitrogens with zero attached hydrogens (tertiary/aromatic N) is 1. The van der Waals surface area contributed by atoms with E-state index in [2.05, 4.69) is 10.6 Å². The number of anilines is 2. The van der Waals surface area contributed by atoms with Crippen LogP contribution in [0.5, 0.6) is 0 Å². The van der Waals surface area contributed by atoms with Crippen molar-refractivity contribution in [1.82, 2.24) is 5.32 Å². The molecule has 4 rings (SSSR count).